The molecule has 0 aliphatic carbocycles. The molecule has 0 unspecified atom stereocenters. The van der Waals surface area contributed by atoms with Crippen LogP contribution in [0, 0.1) is 6.92 Å². The lowest BCUT2D eigenvalue weighted by Crippen LogP contribution is -2.29. The molecule has 1 aromatic carbocycles. The SMILES string of the molecule is CCCN1C(=O)/C(=C\c2ccc(C)o2)SC1=Nc1ccc(OCC)cc1. The van der Waals surface area contributed by atoms with Crippen LogP contribution in [0.3, 0.4) is 0 Å². The van der Waals surface area contributed by atoms with Gasteiger partial charge in [-0.3, -0.25) is 9.69 Å². The number of hydrogen-bond acceptors (Lipinski definition) is 5. The van der Waals surface area contributed by atoms with Crippen LogP contribution in [0.2, 0.25) is 0 Å². The fourth-order valence-corrected chi connectivity index (χ4v) is 3.57. The number of rotatable bonds is 6. The average molecular weight is 370 g/mol. The van der Waals surface area contributed by atoms with Crippen molar-refractivity contribution in [2.45, 2.75) is 27.2 Å². The van der Waals surface area contributed by atoms with E-state index in [1.165, 1.54) is 11.8 Å². The van der Waals surface area contributed by atoms with E-state index in [1.807, 2.05) is 57.2 Å². The Hall–Kier alpha value is -2.47. The molecule has 0 N–H and O–H groups in total. The maximum Gasteiger partial charge on any atom is 0.266 e. The second-order valence-electron chi connectivity index (χ2n) is 5.84. The van der Waals surface area contributed by atoms with Gasteiger partial charge in [-0.15, -0.1) is 0 Å². The predicted molar refractivity (Wildman–Crippen MR) is 106 cm³/mol. The normalized spacial score (nSPS) is 17.5. The van der Waals surface area contributed by atoms with Gasteiger partial charge < -0.3 is 9.15 Å². The van der Waals surface area contributed by atoms with Gasteiger partial charge in [0.05, 0.1) is 17.2 Å². The van der Waals surface area contributed by atoms with Crippen molar-refractivity contribution in [3.8, 4) is 5.75 Å². The molecule has 0 bridgehead atoms. The molecule has 2 heterocycles. The highest BCUT2D eigenvalue weighted by atomic mass is 32.2. The molecule has 5 nitrogen and oxygen atoms in total. The molecule has 3 rings (SSSR count). The van der Waals surface area contributed by atoms with Crippen molar-refractivity contribution in [3.05, 3.63) is 52.8 Å². The Morgan fingerprint density at radius 2 is 1.96 bits per heavy atom. The van der Waals surface area contributed by atoms with Crippen molar-refractivity contribution in [3.63, 3.8) is 0 Å². The van der Waals surface area contributed by atoms with Crippen LogP contribution in [0.1, 0.15) is 31.8 Å². The van der Waals surface area contributed by atoms with Gasteiger partial charge in [-0.2, -0.15) is 0 Å². The monoisotopic (exact) mass is 370 g/mol. The number of aryl methyl sites for hydroxylation is 1. The van der Waals surface area contributed by atoms with Crippen LogP contribution in [0.5, 0.6) is 5.75 Å². The number of amides is 1. The van der Waals surface area contributed by atoms with Crippen molar-refractivity contribution in [1.82, 2.24) is 4.90 Å². The molecule has 136 valence electrons. The maximum absolute atomic E-state index is 12.7. The smallest absolute Gasteiger partial charge is 0.266 e. The lowest BCUT2D eigenvalue weighted by atomic mass is 10.3. The number of carbonyl (C=O) groups excluding carboxylic acids is 1. The van der Waals surface area contributed by atoms with Crippen LogP contribution in [-0.4, -0.2) is 29.1 Å². The molecule has 1 saturated heterocycles. The van der Waals surface area contributed by atoms with E-state index >= 15 is 0 Å². The maximum atomic E-state index is 12.7. The average Bonchev–Trinajstić information content (AvgIpc) is 3.16. The van der Waals surface area contributed by atoms with E-state index in [-0.39, 0.29) is 5.91 Å². The van der Waals surface area contributed by atoms with E-state index in [2.05, 4.69) is 4.99 Å². The first-order valence-electron chi connectivity index (χ1n) is 8.70. The number of carbonyl (C=O) groups is 1. The van der Waals surface area contributed by atoms with Crippen LogP contribution < -0.4 is 4.74 Å². The van der Waals surface area contributed by atoms with Crippen LogP contribution in [0.15, 0.2) is 50.7 Å². The van der Waals surface area contributed by atoms with E-state index in [1.54, 1.807) is 11.0 Å². The number of furan rings is 1. The zero-order chi connectivity index (χ0) is 18.5. The summed E-state index contributed by atoms with van der Waals surface area (Å²) in [5.74, 6) is 2.28. The first-order valence-corrected chi connectivity index (χ1v) is 9.51. The Labute approximate surface area is 157 Å². The summed E-state index contributed by atoms with van der Waals surface area (Å²) in [5, 5.41) is 0.690. The van der Waals surface area contributed by atoms with Gasteiger partial charge in [0.15, 0.2) is 5.17 Å². The quantitative estimate of drug-likeness (QED) is 0.672. The summed E-state index contributed by atoms with van der Waals surface area (Å²) >= 11 is 1.38. The molecule has 1 amide bonds. The number of thioether (sulfide) groups is 1. The molecule has 2 aromatic rings. The molecular weight excluding hydrogens is 348 g/mol. The van der Waals surface area contributed by atoms with Gasteiger partial charge in [0.2, 0.25) is 0 Å². The van der Waals surface area contributed by atoms with Crippen molar-refractivity contribution in [2.24, 2.45) is 4.99 Å². The number of hydrogen-bond donors (Lipinski definition) is 0. The third kappa shape index (κ3) is 4.19. The van der Waals surface area contributed by atoms with Gasteiger partial charge in [-0.1, -0.05) is 6.92 Å². The topological polar surface area (TPSA) is 55.0 Å². The lowest BCUT2D eigenvalue weighted by molar-refractivity contribution is -0.122. The van der Waals surface area contributed by atoms with E-state index in [0.29, 0.717) is 29.0 Å². The summed E-state index contributed by atoms with van der Waals surface area (Å²) < 4.78 is 11.0. The highest BCUT2D eigenvalue weighted by molar-refractivity contribution is 8.18. The zero-order valence-electron chi connectivity index (χ0n) is 15.2. The van der Waals surface area contributed by atoms with Crippen LogP contribution >= 0.6 is 11.8 Å². The zero-order valence-corrected chi connectivity index (χ0v) is 16.0. The molecule has 0 spiro atoms. The fraction of sp³-hybridized carbons (Fsp3) is 0.300. The lowest BCUT2D eigenvalue weighted by Gasteiger charge is -2.14. The van der Waals surface area contributed by atoms with Gasteiger partial charge in [-0.25, -0.2) is 4.99 Å². The van der Waals surface area contributed by atoms with Crippen molar-refractivity contribution < 1.29 is 13.9 Å². The molecule has 26 heavy (non-hydrogen) atoms. The largest absolute Gasteiger partial charge is 0.494 e. The first kappa shape index (κ1) is 18.3. The summed E-state index contributed by atoms with van der Waals surface area (Å²) in [6, 6.07) is 11.3. The standard InChI is InChI=1S/C20H22N2O3S/c1-4-12-22-19(23)18(13-17-9-6-14(3)25-17)26-20(22)21-15-7-10-16(11-8-15)24-5-2/h6-11,13H,4-5,12H2,1-3H3/b18-13+,21-20?. The second-order valence-corrected chi connectivity index (χ2v) is 6.85. The minimum absolute atomic E-state index is 0.0319. The van der Waals surface area contributed by atoms with Gasteiger partial charge in [0, 0.05) is 12.6 Å². The summed E-state index contributed by atoms with van der Waals surface area (Å²) in [6.45, 7) is 7.14. The third-order valence-corrected chi connectivity index (χ3v) is 4.75. The summed E-state index contributed by atoms with van der Waals surface area (Å²) in [4.78, 5) is 19.8. The van der Waals surface area contributed by atoms with E-state index < -0.39 is 0 Å². The minimum Gasteiger partial charge on any atom is -0.494 e. The van der Waals surface area contributed by atoms with Gasteiger partial charge in [0.1, 0.15) is 17.3 Å². The number of nitrogens with zero attached hydrogens (tertiary/aromatic N) is 2. The number of ether oxygens (including phenoxy) is 1. The second kappa shape index (κ2) is 8.27. The molecule has 1 fully saturated rings. The van der Waals surface area contributed by atoms with Gasteiger partial charge in [0.25, 0.3) is 5.91 Å². The number of benzene rings is 1. The molecule has 0 atom stereocenters. The van der Waals surface area contributed by atoms with Crippen molar-refractivity contribution >= 4 is 34.6 Å². The van der Waals surface area contributed by atoms with E-state index in [4.69, 9.17) is 9.15 Å². The Balaban J connectivity index is 1.87. The number of aliphatic imine (C=N–C) groups is 1. The van der Waals surface area contributed by atoms with Crippen molar-refractivity contribution in [2.75, 3.05) is 13.2 Å². The summed E-state index contributed by atoms with van der Waals surface area (Å²) in [7, 11) is 0. The first-order chi connectivity index (χ1) is 12.6. The Morgan fingerprint density at radius 3 is 2.58 bits per heavy atom. The number of amidine groups is 1. The van der Waals surface area contributed by atoms with Gasteiger partial charge in [-0.05, 0) is 68.4 Å². The molecule has 0 saturated carbocycles. The van der Waals surface area contributed by atoms with E-state index in [9.17, 15) is 4.79 Å². The molecule has 1 aliphatic heterocycles. The van der Waals surface area contributed by atoms with Crippen LogP contribution in [0.4, 0.5) is 5.69 Å². The molecule has 1 aliphatic rings. The van der Waals surface area contributed by atoms with E-state index in [0.717, 1.165) is 23.6 Å². The summed E-state index contributed by atoms with van der Waals surface area (Å²) in [6.07, 6.45) is 2.64. The van der Waals surface area contributed by atoms with Crippen LogP contribution in [-0.2, 0) is 4.79 Å². The molecule has 0 radical (unpaired) electrons. The highest BCUT2D eigenvalue weighted by Crippen LogP contribution is 2.34. The van der Waals surface area contributed by atoms with Gasteiger partial charge >= 0.3 is 0 Å². The van der Waals surface area contributed by atoms with Crippen molar-refractivity contribution in [1.29, 1.82) is 0 Å². The molecule has 1 aromatic heterocycles. The Bertz CT molecular complexity index is 837. The molecule has 6 heteroatoms. The third-order valence-electron chi connectivity index (χ3n) is 3.74. The Kier molecular flexibility index (Phi) is 5.83. The highest BCUT2D eigenvalue weighted by Gasteiger charge is 2.33. The minimum atomic E-state index is -0.0319. The molecular formula is C20H22N2O3S. The fourth-order valence-electron chi connectivity index (χ4n) is 2.57. The van der Waals surface area contributed by atoms with Crippen LogP contribution in [0.25, 0.3) is 6.08 Å². The predicted octanol–water partition coefficient (Wildman–Crippen LogP) is 5.00. The Morgan fingerprint density at radius 1 is 1.19 bits per heavy atom. The summed E-state index contributed by atoms with van der Waals surface area (Å²) in [5.41, 5.74) is 0.792.